The van der Waals surface area contributed by atoms with Crippen LogP contribution in [0.2, 0.25) is 0 Å². The lowest BCUT2D eigenvalue weighted by Gasteiger charge is -2.27. The highest BCUT2D eigenvalue weighted by Gasteiger charge is 2.30. The summed E-state index contributed by atoms with van der Waals surface area (Å²) in [6.45, 7) is 8.30. The van der Waals surface area contributed by atoms with Crippen LogP contribution in [0.1, 0.15) is 40.2 Å². The molecule has 0 bridgehead atoms. The van der Waals surface area contributed by atoms with Gasteiger partial charge in [0.1, 0.15) is 11.5 Å². The Morgan fingerprint density at radius 3 is 2.63 bits per heavy atom. The Bertz CT molecular complexity index is 844. The van der Waals surface area contributed by atoms with Gasteiger partial charge in [-0.3, -0.25) is 9.59 Å². The molecule has 3 rings (SSSR count). The predicted molar refractivity (Wildman–Crippen MR) is 112 cm³/mol. The Kier molecular flexibility index (Phi) is 6.24. The van der Waals surface area contributed by atoms with Gasteiger partial charge in [-0.05, 0) is 38.5 Å². The maximum Gasteiger partial charge on any atom is 0.252 e. The Morgan fingerprint density at radius 1 is 1.30 bits per heavy atom. The molecular formula is C20H26N3O2S2+. The number of anilines is 1. The molecule has 0 spiro atoms. The summed E-state index contributed by atoms with van der Waals surface area (Å²) < 4.78 is 0. The minimum absolute atomic E-state index is 0.116. The quantitative estimate of drug-likeness (QED) is 0.646. The number of primary amides is 1. The van der Waals surface area contributed by atoms with E-state index in [-0.39, 0.29) is 5.91 Å². The summed E-state index contributed by atoms with van der Waals surface area (Å²) in [5.74, 6) is -0.274. The Morgan fingerprint density at radius 2 is 2.00 bits per heavy atom. The zero-order valence-electron chi connectivity index (χ0n) is 15.9. The fraction of sp³-hybridized carbons (Fsp3) is 0.400. The standard InChI is InChI=1S/C20H25N3O2S2/c1-12(2)23-9-8-15-16(10-23)27-20(18(15)19(21)25)22-17(24)11-26-14-6-4-13(3)5-7-14/h4-7,12H,8-11H2,1-3H3,(H2,21,25)(H,22,24)/p+1. The predicted octanol–water partition coefficient (Wildman–Crippen LogP) is 2.24. The zero-order valence-corrected chi connectivity index (χ0v) is 17.6. The number of hydrogen-bond donors (Lipinski definition) is 3. The summed E-state index contributed by atoms with van der Waals surface area (Å²) in [4.78, 5) is 28.2. The third-order valence-electron chi connectivity index (χ3n) is 4.88. The number of fused-ring (bicyclic) bond motifs is 1. The second-order valence-electron chi connectivity index (χ2n) is 7.21. The van der Waals surface area contributed by atoms with Crippen LogP contribution in [-0.2, 0) is 17.8 Å². The molecule has 144 valence electrons. The average molecular weight is 405 g/mol. The van der Waals surface area contributed by atoms with E-state index in [9.17, 15) is 9.59 Å². The van der Waals surface area contributed by atoms with Crippen LogP contribution in [0, 0.1) is 6.92 Å². The van der Waals surface area contributed by atoms with Crippen molar-refractivity contribution in [2.75, 3.05) is 17.6 Å². The van der Waals surface area contributed by atoms with Gasteiger partial charge in [0, 0.05) is 11.3 Å². The summed E-state index contributed by atoms with van der Waals surface area (Å²) in [6, 6.07) is 8.61. The highest BCUT2D eigenvalue weighted by Crippen LogP contribution is 2.34. The highest BCUT2D eigenvalue weighted by atomic mass is 32.2. The van der Waals surface area contributed by atoms with Gasteiger partial charge in [0.15, 0.2) is 0 Å². The first-order valence-electron chi connectivity index (χ1n) is 9.13. The van der Waals surface area contributed by atoms with Gasteiger partial charge in [-0.25, -0.2) is 0 Å². The summed E-state index contributed by atoms with van der Waals surface area (Å²) in [5, 5.41) is 3.53. The number of amides is 2. The van der Waals surface area contributed by atoms with Crippen molar-refractivity contribution in [1.82, 2.24) is 0 Å². The van der Waals surface area contributed by atoms with Gasteiger partial charge in [0.25, 0.3) is 5.91 Å². The topological polar surface area (TPSA) is 76.6 Å². The summed E-state index contributed by atoms with van der Waals surface area (Å²) >= 11 is 2.98. The minimum atomic E-state index is -0.456. The molecule has 1 aromatic heterocycles. The number of carbonyl (C=O) groups is 2. The van der Waals surface area contributed by atoms with E-state index >= 15 is 0 Å². The maximum atomic E-state index is 12.4. The molecule has 2 heterocycles. The molecule has 2 aromatic rings. The molecule has 2 amide bonds. The molecule has 5 nitrogen and oxygen atoms in total. The van der Waals surface area contributed by atoms with Crippen molar-refractivity contribution < 1.29 is 14.5 Å². The van der Waals surface area contributed by atoms with Gasteiger partial charge in [0.2, 0.25) is 5.91 Å². The molecule has 1 unspecified atom stereocenters. The van der Waals surface area contributed by atoms with Crippen molar-refractivity contribution in [3.63, 3.8) is 0 Å². The number of carbonyl (C=O) groups excluding carboxylic acids is 2. The van der Waals surface area contributed by atoms with Crippen LogP contribution in [0.4, 0.5) is 5.00 Å². The SMILES string of the molecule is Cc1ccc(SCC(=O)Nc2sc3c(c2C(N)=O)CC[NH+](C(C)C)C3)cc1. The van der Waals surface area contributed by atoms with E-state index in [1.807, 2.05) is 31.2 Å². The first kappa shape index (κ1) is 19.9. The van der Waals surface area contributed by atoms with Gasteiger partial charge in [-0.15, -0.1) is 23.1 Å². The molecule has 0 aliphatic carbocycles. The molecule has 27 heavy (non-hydrogen) atoms. The van der Waals surface area contributed by atoms with E-state index in [0.29, 0.717) is 22.4 Å². The fourth-order valence-corrected chi connectivity index (χ4v) is 5.31. The zero-order chi connectivity index (χ0) is 19.6. The van der Waals surface area contributed by atoms with Gasteiger partial charge < -0.3 is 16.0 Å². The third-order valence-corrected chi connectivity index (χ3v) is 7.04. The molecule has 7 heteroatoms. The average Bonchev–Trinajstić information content (AvgIpc) is 2.98. The van der Waals surface area contributed by atoms with E-state index in [1.165, 1.54) is 38.4 Å². The molecule has 0 fully saturated rings. The van der Waals surface area contributed by atoms with Crippen molar-refractivity contribution >= 4 is 39.9 Å². The summed E-state index contributed by atoms with van der Waals surface area (Å²) in [6.07, 6.45) is 0.825. The van der Waals surface area contributed by atoms with E-state index in [0.717, 1.165) is 30.0 Å². The Labute approximate surface area is 168 Å². The molecule has 0 saturated carbocycles. The normalized spacial score (nSPS) is 16.2. The number of thioether (sulfide) groups is 1. The monoisotopic (exact) mass is 404 g/mol. The number of aryl methyl sites for hydroxylation is 1. The largest absolute Gasteiger partial charge is 0.365 e. The molecular weight excluding hydrogens is 378 g/mol. The second-order valence-corrected chi connectivity index (χ2v) is 9.37. The van der Waals surface area contributed by atoms with Crippen LogP contribution in [-0.4, -0.2) is 30.2 Å². The summed E-state index contributed by atoms with van der Waals surface area (Å²) in [7, 11) is 0. The maximum absolute atomic E-state index is 12.4. The van der Waals surface area contributed by atoms with E-state index in [2.05, 4.69) is 19.2 Å². The number of quaternary nitrogens is 1. The number of nitrogens with one attached hydrogen (secondary N) is 2. The van der Waals surface area contributed by atoms with Crippen molar-refractivity contribution in [3.05, 3.63) is 45.8 Å². The van der Waals surface area contributed by atoms with Crippen LogP contribution < -0.4 is 16.0 Å². The molecule has 4 N–H and O–H groups in total. The van der Waals surface area contributed by atoms with Crippen LogP contribution in [0.3, 0.4) is 0 Å². The molecule has 1 aliphatic heterocycles. The Balaban J connectivity index is 1.71. The van der Waals surface area contributed by atoms with Gasteiger partial charge in [-0.2, -0.15) is 0 Å². The van der Waals surface area contributed by atoms with Crippen LogP contribution in [0.5, 0.6) is 0 Å². The third kappa shape index (κ3) is 4.72. The molecule has 1 aliphatic rings. The molecule has 0 saturated heterocycles. The van der Waals surface area contributed by atoms with Crippen LogP contribution in [0.15, 0.2) is 29.2 Å². The van der Waals surface area contributed by atoms with Gasteiger partial charge >= 0.3 is 0 Å². The van der Waals surface area contributed by atoms with E-state index in [1.54, 1.807) is 0 Å². The Hall–Kier alpha value is -1.83. The lowest BCUT2D eigenvalue weighted by Crippen LogP contribution is -3.14. The number of nitrogens with two attached hydrogens (primary N) is 1. The number of hydrogen-bond acceptors (Lipinski definition) is 4. The summed E-state index contributed by atoms with van der Waals surface area (Å²) in [5.41, 5.74) is 8.36. The van der Waals surface area contributed by atoms with Gasteiger partial charge in [-0.1, -0.05) is 17.7 Å². The van der Waals surface area contributed by atoms with E-state index < -0.39 is 5.91 Å². The lowest BCUT2D eigenvalue weighted by molar-refractivity contribution is -0.936. The minimum Gasteiger partial charge on any atom is -0.365 e. The van der Waals surface area contributed by atoms with Gasteiger partial charge in [0.05, 0.1) is 28.8 Å². The number of benzene rings is 1. The first-order chi connectivity index (χ1) is 12.8. The number of thiophene rings is 1. The van der Waals surface area contributed by atoms with E-state index in [4.69, 9.17) is 5.73 Å². The fourth-order valence-electron chi connectivity index (χ4n) is 3.29. The first-order valence-corrected chi connectivity index (χ1v) is 10.9. The van der Waals surface area contributed by atoms with Crippen molar-refractivity contribution in [2.24, 2.45) is 5.73 Å². The lowest BCUT2D eigenvalue weighted by atomic mass is 10.0. The second kappa shape index (κ2) is 8.46. The smallest absolute Gasteiger partial charge is 0.252 e. The molecule has 1 aromatic carbocycles. The molecule has 1 atom stereocenters. The van der Waals surface area contributed by atoms with Crippen molar-refractivity contribution in [1.29, 1.82) is 0 Å². The number of rotatable bonds is 6. The van der Waals surface area contributed by atoms with Crippen LogP contribution >= 0.6 is 23.1 Å². The molecule has 0 radical (unpaired) electrons. The highest BCUT2D eigenvalue weighted by molar-refractivity contribution is 8.00. The van der Waals surface area contributed by atoms with Crippen molar-refractivity contribution in [2.45, 2.75) is 44.7 Å². The van der Waals surface area contributed by atoms with Crippen LogP contribution in [0.25, 0.3) is 0 Å². The van der Waals surface area contributed by atoms with Crippen molar-refractivity contribution in [3.8, 4) is 0 Å².